The standard InChI is InChI=1S/C26H21N5O3S/c1-19-27-15-16-31(19)25-17-26(29-18-28-25)34-23-11-9-22(10-12-23)30-35(32,33)24-13-7-21(8-14-24)20-5-3-2-4-6-20/h2-18,30H,1H3. The Kier molecular flexibility index (Phi) is 5.99. The fourth-order valence-electron chi connectivity index (χ4n) is 3.52. The van der Waals surface area contributed by atoms with Crippen molar-refractivity contribution < 1.29 is 13.2 Å². The van der Waals surface area contributed by atoms with E-state index in [9.17, 15) is 8.42 Å². The monoisotopic (exact) mass is 483 g/mol. The van der Waals surface area contributed by atoms with Crippen LogP contribution in [0.3, 0.4) is 0 Å². The highest BCUT2D eigenvalue weighted by Crippen LogP contribution is 2.25. The van der Waals surface area contributed by atoms with Gasteiger partial charge >= 0.3 is 0 Å². The van der Waals surface area contributed by atoms with Crippen LogP contribution in [-0.4, -0.2) is 27.9 Å². The zero-order chi connectivity index (χ0) is 24.3. The molecule has 9 heteroatoms. The summed E-state index contributed by atoms with van der Waals surface area (Å²) in [5, 5.41) is 0. The van der Waals surface area contributed by atoms with Crippen molar-refractivity contribution in [1.29, 1.82) is 0 Å². The molecule has 0 saturated carbocycles. The zero-order valence-electron chi connectivity index (χ0n) is 18.7. The molecule has 5 rings (SSSR count). The molecular weight excluding hydrogens is 462 g/mol. The number of rotatable bonds is 7. The molecule has 3 aromatic carbocycles. The van der Waals surface area contributed by atoms with Crippen molar-refractivity contribution >= 4 is 15.7 Å². The fourth-order valence-corrected chi connectivity index (χ4v) is 4.58. The highest BCUT2D eigenvalue weighted by atomic mass is 32.2. The van der Waals surface area contributed by atoms with Gasteiger partial charge in [0, 0.05) is 24.1 Å². The molecular formula is C26H21N5O3S. The maximum Gasteiger partial charge on any atom is 0.261 e. The van der Waals surface area contributed by atoms with Crippen LogP contribution in [0.2, 0.25) is 0 Å². The summed E-state index contributed by atoms with van der Waals surface area (Å²) in [6, 6.07) is 24.9. The molecule has 0 spiro atoms. The van der Waals surface area contributed by atoms with Gasteiger partial charge in [0.1, 0.15) is 23.7 Å². The topological polar surface area (TPSA) is 99.0 Å². The van der Waals surface area contributed by atoms with E-state index in [1.165, 1.54) is 6.33 Å². The molecule has 0 unspecified atom stereocenters. The summed E-state index contributed by atoms with van der Waals surface area (Å²) >= 11 is 0. The average Bonchev–Trinajstić information content (AvgIpc) is 3.32. The van der Waals surface area contributed by atoms with E-state index >= 15 is 0 Å². The minimum atomic E-state index is -3.74. The normalized spacial score (nSPS) is 11.2. The third-order valence-electron chi connectivity index (χ3n) is 5.30. The summed E-state index contributed by atoms with van der Waals surface area (Å²) in [5.41, 5.74) is 2.39. The van der Waals surface area contributed by atoms with Gasteiger partial charge in [-0.1, -0.05) is 42.5 Å². The van der Waals surface area contributed by atoms with Crippen LogP contribution in [0.25, 0.3) is 16.9 Å². The summed E-state index contributed by atoms with van der Waals surface area (Å²) in [5.74, 6) is 2.29. The number of anilines is 1. The summed E-state index contributed by atoms with van der Waals surface area (Å²) in [4.78, 5) is 12.8. The van der Waals surface area contributed by atoms with Gasteiger partial charge in [-0.2, -0.15) is 0 Å². The van der Waals surface area contributed by atoms with E-state index in [0.29, 0.717) is 23.1 Å². The first-order valence-corrected chi connectivity index (χ1v) is 12.2. The molecule has 2 aromatic heterocycles. The predicted molar refractivity (Wildman–Crippen MR) is 133 cm³/mol. The molecule has 0 aliphatic carbocycles. The van der Waals surface area contributed by atoms with Crippen LogP contribution >= 0.6 is 0 Å². The summed E-state index contributed by atoms with van der Waals surface area (Å²) in [6.07, 6.45) is 4.91. The van der Waals surface area contributed by atoms with Gasteiger partial charge in [-0.25, -0.2) is 23.4 Å². The fraction of sp³-hybridized carbons (Fsp3) is 0.0385. The number of benzene rings is 3. The number of hydrogen-bond donors (Lipinski definition) is 1. The van der Waals surface area contributed by atoms with E-state index in [-0.39, 0.29) is 4.90 Å². The van der Waals surface area contributed by atoms with Crippen LogP contribution < -0.4 is 9.46 Å². The minimum Gasteiger partial charge on any atom is -0.439 e. The highest BCUT2D eigenvalue weighted by molar-refractivity contribution is 7.92. The SMILES string of the molecule is Cc1nccn1-c1cc(Oc2ccc(NS(=O)(=O)c3ccc(-c4ccccc4)cc3)cc2)ncn1. The number of ether oxygens (including phenoxy) is 1. The molecule has 0 bridgehead atoms. The van der Waals surface area contributed by atoms with Crippen LogP contribution in [0, 0.1) is 6.92 Å². The minimum absolute atomic E-state index is 0.181. The van der Waals surface area contributed by atoms with Gasteiger partial charge in [-0.3, -0.25) is 9.29 Å². The number of hydrogen-bond acceptors (Lipinski definition) is 6. The summed E-state index contributed by atoms with van der Waals surface area (Å²) in [6.45, 7) is 1.88. The van der Waals surface area contributed by atoms with Crippen molar-refractivity contribution in [2.24, 2.45) is 0 Å². The lowest BCUT2D eigenvalue weighted by Crippen LogP contribution is -2.12. The lowest BCUT2D eigenvalue weighted by Gasteiger charge is -2.11. The quantitative estimate of drug-likeness (QED) is 0.340. The molecule has 2 heterocycles. The second-order valence-corrected chi connectivity index (χ2v) is 9.36. The highest BCUT2D eigenvalue weighted by Gasteiger charge is 2.14. The molecule has 0 fully saturated rings. The zero-order valence-corrected chi connectivity index (χ0v) is 19.6. The molecule has 0 amide bonds. The van der Waals surface area contributed by atoms with E-state index in [4.69, 9.17) is 4.74 Å². The third-order valence-corrected chi connectivity index (χ3v) is 6.70. The molecule has 174 valence electrons. The average molecular weight is 484 g/mol. The predicted octanol–water partition coefficient (Wildman–Crippen LogP) is 5.23. The Labute approximate surface area is 203 Å². The molecule has 0 atom stereocenters. The molecule has 35 heavy (non-hydrogen) atoms. The number of nitrogens with one attached hydrogen (secondary N) is 1. The second kappa shape index (κ2) is 9.40. The smallest absolute Gasteiger partial charge is 0.261 e. The molecule has 8 nitrogen and oxygen atoms in total. The van der Waals surface area contributed by atoms with Gasteiger partial charge in [-0.05, 0) is 54.4 Å². The maximum absolute atomic E-state index is 12.8. The van der Waals surface area contributed by atoms with Crippen LogP contribution in [0.5, 0.6) is 11.6 Å². The summed E-state index contributed by atoms with van der Waals surface area (Å²) in [7, 11) is -3.74. The van der Waals surface area contributed by atoms with Crippen molar-refractivity contribution in [1.82, 2.24) is 19.5 Å². The van der Waals surface area contributed by atoms with Gasteiger partial charge in [-0.15, -0.1) is 0 Å². The van der Waals surface area contributed by atoms with Gasteiger partial charge in [0.15, 0.2) is 0 Å². The lowest BCUT2D eigenvalue weighted by atomic mass is 10.1. The van der Waals surface area contributed by atoms with Gasteiger partial charge < -0.3 is 4.74 Å². The lowest BCUT2D eigenvalue weighted by molar-refractivity contribution is 0.461. The number of nitrogens with zero attached hydrogens (tertiary/aromatic N) is 4. The number of imidazole rings is 1. The molecule has 0 saturated heterocycles. The Morgan fingerprint density at radius 2 is 1.54 bits per heavy atom. The molecule has 5 aromatic rings. The summed E-state index contributed by atoms with van der Waals surface area (Å²) < 4.78 is 35.9. The molecule has 0 radical (unpaired) electrons. The van der Waals surface area contributed by atoms with Crippen LogP contribution in [0.4, 0.5) is 5.69 Å². The van der Waals surface area contributed by atoms with Gasteiger partial charge in [0.2, 0.25) is 5.88 Å². The van der Waals surface area contributed by atoms with Crippen molar-refractivity contribution in [3.8, 4) is 28.6 Å². The first kappa shape index (κ1) is 22.3. The second-order valence-electron chi connectivity index (χ2n) is 7.68. The Morgan fingerprint density at radius 1 is 0.829 bits per heavy atom. The van der Waals surface area contributed by atoms with Crippen molar-refractivity contribution in [2.75, 3.05) is 4.72 Å². The number of sulfonamides is 1. The van der Waals surface area contributed by atoms with E-state index in [1.54, 1.807) is 67.0 Å². The Bertz CT molecular complexity index is 1550. The van der Waals surface area contributed by atoms with E-state index in [2.05, 4.69) is 19.7 Å². The molecule has 0 aliphatic rings. The van der Waals surface area contributed by atoms with Crippen LogP contribution in [-0.2, 0) is 10.0 Å². The van der Waals surface area contributed by atoms with Crippen LogP contribution in [0.15, 0.2) is 109 Å². The van der Waals surface area contributed by atoms with Crippen LogP contribution in [0.1, 0.15) is 5.82 Å². The third kappa shape index (κ3) is 5.04. The van der Waals surface area contributed by atoms with Crippen molar-refractivity contribution in [2.45, 2.75) is 11.8 Å². The maximum atomic E-state index is 12.8. The van der Waals surface area contributed by atoms with Crippen molar-refractivity contribution in [3.63, 3.8) is 0 Å². The Balaban J connectivity index is 1.27. The van der Waals surface area contributed by atoms with Gasteiger partial charge in [0.25, 0.3) is 10.0 Å². The number of aryl methyl sites for hydroxylation is 1. The van der Waals surface area contributed by atoms with Gasteiger partial charge in [0.05, 0.1) is 4.90 Å². The first-order valence-electron chi connectivity index (χ1n) is 10.8. The van der Waals surface area contributed by atoms with E-state index in [0.717, 1.165) is 17.0 Å². The number of aromatic nitrogens is 4. The van der Waals surface area contributed by atoms with E-state index < -0.39 is 10.0 Å². The largest absolute Gasteiger partial charge is 0.439 e. The first-order chi connectivity index (χ1) is 17.0. The van der Waals surface area contributed by atoms with Crippen molar-refractivity contribution in [3.05, 3.63) is 109 Å². The molecule has 1 N–H and O–H groups in total. The molecule has 0 aliphatic heterocycles. The Morgan fingerprint density at radius 3 is 2.23 bits per heavy atom. The van der Waals surface area contributed by atoms with E-state index in [1.807, 2.05) is 41.8 Å². The Hall–Kier alpha value is -4.50.